The SMILES string of the molecule is CC(=O)NCCSC(=O)C(C)=Cc1ccc(C(=O)CC(C)CCCC(C)CCCC(C)C)o1. The number of thioether (sulfide) groups is 1. The van der Waals surface area contributed by atoms with Crippen LogP contribution in [0.15, 0.2) is 22.1 Å². The maximum Gasteiger partial charge on any atom is 0.216 e. The first kappa shape index (κ1) is 29.2. The molecule has 0 saturated carbocycles. The molecule has 1 aromatic heterocycles. The van der Waals surface area contributed by atoms with Crippen molar-refractivity contribution in [1.29, 1.82) is 0 Å². The van der Waals surface area contributed by atoms with Crippen LogP contribution in [0.3, 0.4) is 0 Å². The molecule has 0 spiro atoms. The zero-order valence-corrected chi connectivity index (χ0v) is 22.2. The van der Waals surface area contributed by atoms with Crippen LogP contribution in [0.4, 0.5) is 0 Å². The third-order valence-electron chi connectivity index (χ3n) is 5.70. The summed E-state index contributed by atoms with van der Waals surface area (Å²) in [5, 5.41) is 2.59. The number of Topliss-reactive ketones (excluding diaryl/α,β-unsaturated/α-hetero) is 1. The Kier molecular flexibility index (Phi) is 14.1. The molecule has 0 radical (unpaired) electrons. The van der Waals surface area contributed by atoms with Gasteiger partial charge in [0.15, 0.2) is 11.5 Å². The minimum absolute atomic E-state index is 0.0146. The largest absolute Gasteiger partial charge is 0.454 e. The van der Waals surface area contributed by atoms with Gasteiger partial charge in [-0.2, -0.15) is 0 Å². The van der Waals surface area contributed by atoms with E-state index < -0.39 is 0 Å². The normalized spacial score (nSPS) is 13.7. The van der Waals surface area contributed by atoms with Crippen molar-refractivity contribution in [3.63, 3.8) is 0 Å². The van der Waals surface area contributed by atoms with E-state index in [0.29, 0.717) is 41.7 Å². The van der Waals surface area contributed by atoms with Gasteiger partial charge in [-0.25, -0.2) is 0 Å². The molecular formula is C27H43NO4S. The predicted molar refractivity (Wildman–Crippen MR) is 138 cm³/mol. The van der Waals surface area contributed by atoms with Crippen molar-refractivity contribution in [3.05, 3.63) is 29.2 Å². The summed E-state index contributed by atoms with van der Waals surface area (Å²) in [6.07, 6.45) is 9.49. The molecule has 1 rings (SSSR count). The number of ketones is 1. The molecule has 1 amide bonds. The van der Waals surface area contributed by atoms with Crippen molar-refractivity contribution in [3.8, 4) is 0 Å². The van der Waals surface area contributed by atoms with Crippen LogP contribution in [0.2, 0.25) is 0 Å². The fourth-order valence-corrected chi connectivity index (χ4v) is 4.37. The summed E-state index contributed by atoms with van der Waals surface area (Å²) in [5.74, 6) is 3.15. The van der Waals surface area contributed by atoms with Gasteiger partial charge in [-0.15, -0.1) is 0 Å². The van der Waals surface area contributed by atoms with Crippen LogP contribution >= 0.6 is 11.8 Å². The second-order valence-electron chi connectivity index (χ2n) is 9.74. The summed E-state index contributed by atoms with van der Waals surface area (Å²) in [4.78, 5) is 35.7. The van der Waals surface area contributed by atoms with E-state index in [-0.39, 0.29) is 16.8 Å². The van der Waals surface area contributed by atoms with E-state index in [2.05, 4.69) is 33.0 Å². The number of hydrogen-bond donors (Lipinski definition) is 1. The van der Waals surface area contributed by atoms with E-state index in [1.807, 2.05) is 0 Å². The van der Waals surface area contributed by atoms with Crippen molar-refractivity contribution in [2.45, 2.75) is 86.5 Å². The fraction of sp³-hybridized carbons (Fsp3) is 0.667. The lowest BCUT2D eigenvalue weighted by Gasteiger charge is -2.14. The highest BCUT2D eigenvalue weighted by Gasteiger charge is 2.16. The average Bonchev–Trinajstić information content (AvgIpc) is 3.19. The van der Waals surface area contributed by atoms with Crippen molar-refractivity contribution in [1.82, 2.24) is 5.32 Å². The van der Waals surface area contributed by atoms with Gasteiger partial charge in [0.1, 0.15) is 5.76 Å². The van der Waals surface area contributed by atoms with Crippen LogP contribution in [0.25, 0.3) is 6.08 Å². The Balaban J connectivity index is 2.39. The first-order valence-corrected chi connectivity index (χ1v) is 13.3. The fourth-order valence-electron chi connectivity index (χ4n) is 3.69. The lowest BCUT2D eigenvalue weighted by Crippen LogP contribution is -2.22. The summed E-state index contributed by atoms with van der Waals surface area (Å²) >= 11 is 1.15. The van der Waals surface area contributed by atoms with Crippen molar-refractivity contribution in [2.75, 3.05) is 12.3 Å². The van der Waals surface area contributed by atoms with Crippen molar-refractivity contribution >= 4 is 34.6 Å². The lowest BCUT2D eigenvalue weighted by molar-refractivity contribution is -0.118. The summed E-state index contributed by atoms with van der Waals surface area (Å²) in [6.45, 7) is 12.6. The highest BCUT2D eigenvalue weighted by molar-refractivity contribution is 8.14. The number of rotatable bonds is 16. The van der Waals surface area contributed by atoms with Gasteiger partial charge in [0, 0.05) is 31.2 Å². The van der Waals surface area contributed by atoms with E-state index in [4.69, 9.17) is 4.42 Å². The number of amides is 1. The van der Waals surface area contributed by atoms with Gasteiger partial charge < -0.3 is 9.73 Å². The predicted octanol–water partition coefficient (Wildman–Crippen LogP) is 6.92. The molecule has 0 aliphatic heterocycles. The Morgan fingerprint density at radius 2 is 1.61 bits per heavy atom. The topological polar surface area (TPSA) is 76.4 Å². The van der Waals surface area contributed by atoms with Crippen molar-refractivity contribution in [2.24, 2.45) is 17.8 Å². The molecule has 1 N–H and O–H groups in total. The minimum Gasteiger partial charge on any atom is -0.454 e. The number of carbonyl (C=O) groups is 3. The van der Waals surface area contributed by atoms with Gasteiger partial charge in [0.2, 0.25) is 11.0 Å². The molecule has 5 nitrogen and oxygen atoms in total. The Bertz CT molecular complexity index is 781. The van der Waals surface area contributed by atoms with Gasteiger partial charge in [0.25, 0.3) is 0 Å². The van der Waals surface area contributed by atoms with Crippen LogP contribution in [-0.4, -0.2) is 29.1 Å². The Morgan fingerprint density at radius 1 is 0.970 bits per heavy atom. The second-order valence-corrected chi connectivity index (χ2v) is 10.8. The highest BCUT2D eigenvalue weighted by atomic mass is 32.2. The molecular weight excluding hydrogens is 434 g/mol. The van der Waals surface area contributed by atoms with Crippen molar-refractivity contribution < 1.29 is 18.8 Å². The molecule has 1 aromatic rings. The molecule has 0 aromatic carbocycles. The highest BCUT2D eigenvalue weighted by Crippen LogP contribution is 2.22. The number of nitrogens with one attached hydrogen (secondary N) is 1. The summed E-state index contributed by atoms with van der Waals surface area (Å²) in [5.41, 5.74) is 0.548. The Labute approximate surface area is 204 Å². The molecule has 0 aliphatic carbocycles. The van der Waals surface area contributed by atoms with Gasteiger partial charge in [-0.05, 0) is 42.9 Å². The van der Waals surface area contributed by atoms with E-state index in [1.165, 1.54) is 32.6 Å². The Morgan fingerprint density at radius 3 is 2.24 bits per heavy atom. The molecule has 0 saturated heterocycles. The zero-order valence-electron chi connectivity index (χ0n) is 21.4. The molecule has 0 fully saturated rings. The van der Waals surface area contributed by atoms with E-state index in [1.54, 1.807) is 25.1 Å². The quantitative estimate of drug-likeness (QED) is 0.159. The zero-order chi connectivity index (χ0) is 24.8. The van der Waals surface area contributed by atoms with Gasteiger partial charge in [0.05, 0.1) is 0 Å². The number of furan rings is 1. The second kappa shape index (κ2) is 15.9. The molecule has 2 unspecified atom stereocenters. The summed E-state index contributed by atoms with van der Waals surface area (Å²) < 4.78 is 5.69. The average molecular weight is 478 g/mol. The first-order chi connectivity index (χ1) is 15.6. The minimum atomic E-state index is -0.107. The summed E-state index contributed by atoms with van der Waals surface area (Å²) in [6, 6.07) is 3.43. The van der Waals surface area contributed by atoms with Gasteiger partial charge in [-0.1, -0.05) is 78.0 Å². The van der Waals surface area contributed by atoms with Gasteiger partial charge >= 0.3 is 0 Å². The standard InChI is InChI=1S/C27H43NO4S/c1-19(2)9-7-10-20(3)11-8-12-21(4)17-25(30)26-14-13-24(32-26)18-22(5)27(31)33-16-15-28-23(6)29/h13-14,18-21H,7-12,15-17H2,1-6H3,(H,28,29). The molecule has 6 heteroatoms. The molecule has 0 bridgehead atoms. The lowest BCUT2D eigenvalue weighted by atomic mass is 9.92. The molecule has 2 atom stereocenters. The van der Waals surface area contributed by atoms with E-state index >= 15 is 0 Å². The van der Waals surface area contributed by atoms with Gasteiger partial charge in [-0.3, -0.25) is 14.4 Å². The maximum absolute atomic E-state index is 12.6. The molecule has 33 heavy (non-hydrogen) atoms. The molecule has 1 heterocycles. The Hall–Kier alpha value is -1.82. The maximum atomic E-state index is 12.6. The van der Waals surface area contributed by atoms with Crippen LogP contribution in [-0.2, 0) is 9.59 Å². The molecule has 0 aliphatic rings. The van der Waals surface area contributed by atoms with E-state index in [9.17, 15) is 14.4 Å². The third-order valence-corrected chi connectivity index (χ3v) is 6.69. The smallest absolute Gasteiger partial charge is 0.216 e. The van der Waals surface area contributed by atoms with Crippen LogP contribution in [0.5, 0.6) is 0 Å². The first-order valence-electron chi connectivity index (χ1n) is 12.3. The van der Waals surface area contributed by atoms with Crippen LogP contribution in [0, 0.1) is 17.8 Å². The van der Waals surface area contributed by atoms with Crippen LogP contribution < -0.4 is 5.32 Å². The van der Waals surface area contributed by atoms with Crippen LogP contribution in [0.1, 0.15) is 103 Å². The third kappa shape index (κ3) is 13.5. The van der Waals surface area contributed by atoms with E-state index in [0.717, 1.165) is 36.4 Å². The number of hydrogen-bond acceptors (Lipinski definition) is 5. The monoisotopic (exact) mass is 477 g/mol. The number of carbonyl (C=O) groups excluding carboxylic acids is 3. The summed E-state index contributed by atoms with van der Waals surface area (Å²) in [7, 11) is 0. The molecule has 186 valence electrons.